The monoisotopic (exact) mass is 275 g/mol. The van der Waals surface area contributed by atoms with Crippen molar-refractivity contribution in [3.8, 4) is 0 Å². The Balaban J connectivity index is 2.00. The lowest BCUT2D eigenvalue weighted by Gasteiger charge is -2.44. The molecule has 0 bridgehead atoms. The molecule has 0 aliphatic carbocycles. The standard InChI is InChI=1S/C16H21NO3/c1-3-4-9-16(18,15-19-11(2)20-15)13-10-17-14-8-6-5-7-12(13)14/h5-8,10-11,15,17-18H,3-4,9H2,1-2H3. The summed E-state index contributed by atoms with van der Waals surface area (Å²) < 4.78 is 11.2. The first-order valence-corrected chi connectivity index (χ1v) is 7.25. The van der Waals surface area contributed by atoms with Crippen molar-refractivity contribution in [1.82, 2.24) is 4.98 Å². The topological polar surface area (TPSA) is 54.5 Å². The van der Waals surface area contributed by atoms with Gasteiger partial charge in [-0.15, -0.1) is 0 Å². The Morgan fingerprint density at radius 3 is 2.75 bits per heavy atom. The van der Waals surface area contributed by atoms with E-state index in [9.17, 15) is 5.11 Å². The van der Waals surface area contributed by atoms with Crippen molar-refractivity contribution in [3.05, 3.63) is 36.0 Å². The molecule has 1 saturated heterocycles. The third-order valence-electron chi connectivity index (χ3n) is 3.99. The number of ether oxygens (including phenoxy) is 2. The average molecular weight is 275 g/mol. The van der Waals surface area contributed by atoms with E-state index in [0.717, 1.165) is 29.3 Å². The molecule has 0 amide bonds. The number of nitrogens with one attached hydrogen (secondary N) is 1. The third kappa shape index (κ3) is 2.14. The number of unbranched alkanes of at least 4 members (excludes halogenated alkanes) is 1. The van der Waals surface area contributed by atoms with Gasteiger partial charge in [0.2, 0.25) is 0 Å². The zero-order valence-electron chi connectivity index (χ0n) is 11.9. The van der Waals surface area contributed by atoms with Gasteiger partial charge in [0.05, 0.1) is 0 Å². The van der Waals surface area contributed by atoms with Gasteiger partial charge in [0.25, 0.3) is 0 Å². The zero-order valence-corrected chi connectivity index (χ0v) is 11.9. The fraction of sp³-hybridized carbons (Fsp3) is 0.500. The van der Waals surface area contributed by atoms with E-state index in [1.54, 1.807) is 0 Å². The molecule has 2 aromatic rings. The number of para-hydroxylation sites is 1. The van der Waals surface area contributed by atoms with Crippen LogP contribution in [-0.2, 0) is 15.1 Å². The smallest absolute Gasteiger partial charge is 0.196 e. The van der Waals surface area contributed by atoms with Crippen LogP contribution in [0, 0.1) is 0 Å². The van der Waals surface area contributed by atoms with E-state index in [1.807, 2.05) is 37.4 Å². The predicted octanol–water partition coefficient (Wildman–Crippen LogP) is 3.26. The average Bonchev–Trinajstić information content (AvgIpc) is 2.86. The summed E-state index contributed by atoms with van der Waals surface area (Å²) in [6.45, 7) is 3.95. The van der Waals surface area contributed by atoms with E-state index in [0.29, 0.717) is 6.42 Å². The van der Waals surface area contributed by atoms with Gasteiger partial charge in [0.15, 0.2) is 12.6 Å². The lowest BCUT2D eigenvalue weighted by molar-refractivity contribution is -0.424. The van der Waals surface area contributed by atoms with Crippen molar-refractivity contribution in [2.45, 2.75) is 51.3 Å². The van der Waals surface area contributed by atoms with E-state index in [1.165, 1.54) is 0 Å². The molecular weight excluding hydrogens is 254 g/mol. The molecule has 4 heteroatoms. The van der Waals surface area contributed by atoms with Crippen LogP contribution < -0.4 is 0 Å². The van der Waals surface area contributed by atoms with Gasteiger partial charge < -0.3 is 19.6 Å². The maximum atomic E-state index is 11.2. The molecule has 1 unspecified atom stereocenters. The number of aliphatic hydroxyl groups is 1. The third-order valence-corrected chi connectivity index (χ3v) is 3.99. The van der Waals surface area contributed by atoms with Gasteiger partial charge in [0.1, 0.15) is 5.60 Å². The highest BCUT2D eigenvalue weighted by atomic mass is 16.9. The first kappa shape index (κ1) is 13.6. The molecule has 1 fully saturated rings. The minimum absolute atomic E-state index is 0.238. The van der Waals surface area contributed by atoms with Crippen LogP contribution in [-0.4, -0.2) is 22.7 Å². The summed E-state index contributed by atoms with van der Waals surface area (Å²) in [5.41, 5.74) is 0.783. The highest BCUT2D eigenvalue weighted by Crippen LogP contribution is 2.41. The number of hydrogen-bond acceptors (Lipinski definition) is 3. The summed E-state index contributed by atoms with van der Waals surface area (Å²) in [6, 6.07) is 7.97. The number of aromatic amines is 1. The molecular formula is C16H21NO3. The summed E-state index contributed by atoms with van der Waals surface area (Å²) >= 11 is 0. The van der Waals surface area contributed by atoms with Crippen molar-refractivity contribution in [2.75, 3.05) is 0 Å². The van der Waals surface area contributed by atoms with E-state index in [4.69, 9.17) is 9.47 Å². The first-order valence-electron chi connectivity index (χ1n) is 7.25. The Hall–Kier alpha value is -1.36. The molecule has 3 rings (SSSR count). The number of benzene rings is 1. The van der Waals surface area contributed by atoms with Gasteiger partial charge in [0, 0.05) is 22.7 Å². The van der Waals surface area contributed by atoms with Crippen LogP contribution in [0.5, 0.6) is 0 Å². The van der Waals surface area contributed by atoms with E-state index in [2.05, 4.69) is 11.9 Å². The summed E-state index contributed by atoms with van der Waals surface area (Å²) in [7, 11) is 0. The number of hydrogen-bond donors (Lipinski definition) is 2. The molecule has 2 heterocycles. The second-order valence-corrected chi connectivity index (χ2v) is 5.45. The minimum Gasteiger partial charge on any atom is -0.380 e. The van der Waals surface area contributed by atoms with Crippen molar-refractivity contribution in [2.24, 2.45) is 0 Å². The Morgan fingerprint density at radius 2 is 2.05 bits per heavy atom. The second kappa shape index (κ2) is 5.20. The molecule has 4 nitrogen and oxygen atoms in total. The Bertz CT molecular complexity index is 588. The molecule has 0 radical (unpaired) electrons. The summed E-state index contributed by atoms with van der Waals surface area (Å²) in [5.74, 6) is 0. The molecule has 1 aromatic heterocycles. The zero-order chi connectivity index (χ0) is 14.2. The summed E-state index contributed by atoms with van der Waals surface area (Å²) in [6.07, 6.45) is 3.63. The van der Waals surface area contributed by atoms with Crippen molar-refractivity contribution < 1.29 is 14.6 Å². The van der Waals surface area contributed by atoms with Crippen molar-refractivity contribution in [1.29, 1.82) is 0 Å². The lowest BCUT2D eigenvalue weighted by Crippen LogP contribution is -2.53. The summed E-state index contributed by atoms with van der Waals surface area (Å²) in [5, 5.41) is 12.2. The fourth-order valence-electron chi connectivity index (χ4n) is 2.84. The van der Waals surface area contributed by atoms with Crippen LogP contribution in [0.25, 0.3) is 10.9 Å². The second-order valence-electron chi connectivity index (χ2n) is 5.45. The van der Waals surface area contributed by atoms with Crippen LogP contribution in [0.15, 0.2) is 30.5 Å². The number of aromatic nitrogens is 1. The van der Waals surface area contributed by atoms with E-state index < -0.39 is 11.9 Å². The van der Waals surface area contributed by atoms with E-state index >= 15 is 0 Å². The number of H-pyrrole nitrogens is 1. The van der Waals surface area contributed by atoms with Gasteiger partial charge in [-0.25, -0.2) is 0 Å². The molecule has 1 aliphatic rings. The van der Waals surface area contributed by atoms with Crippen LogP contribution in [0.2, 0.25) is 0 Å². The molecule has 0 spiro atoms. The highest BCUT2D eigenvalue weighted by Gasteiger charge is 2.47. The Labute approximate surface area is 118 Å². The normalized spacial score (nSPS) is 25.4. The van der Waals surface area contributed by atoms with Crippen LogP contribution >= 0.6 is 0 Å². The highest BCUT2D eigenvalue weighted by molar-refractivity contribution is 5.84. The maximum Gasteiger partial charge on any atom is 0.196 e. The Morgan fingerprint density at radius 1 is 1.30 bits per heavy atom. The minimum atomic E-state index is -1.10. The van der Waals surface area contributed by atoms with Gasteiger partial charge in [-0.3, -0.25) is 0 Å². The summed E-state index contributed by atoms with van der Waals surface area (Å²) in [4.78, 5) is 3.21. The molecule has 108 valence electrons. The Kier molecular flexibility index (Phi) is 3.54. The van der Waals surface area contributed by atoms with E-state index in [-0.39, 0.29) is 6.29 Å². The van der Waals surface area contributed by atoms with Gasteiger partial charge in [-0.2, -0.15) is 0 Å². The number of fused-ring (bicyclic) bond motifs is 1. The molecule has 1 aliphatic heterocycles. The quantitative estimate of drug-likeness (QED) is 0.880. The lowest BCUT2D eigenvalue weighted by atomic mass is 9.87. The number of rotatable bonds is 5. The predicted molar refractivity (Wildman–Crippen MR) is 77.1 cm³/mol. The maximum absolute atomic E-state index is 11.2. The van der Waals surface area contributed by atoms with Crippen molar-refractivity contribution >= 4 is 10.9 Å². The molecule has 1 aromatic carbocycles. The van der Waals surface area contributed by atoms with Gasteiger partial charge in [-0.05, 0) is 19.4 Å². The SMILES string of the molecule is CCCCC(O)(c1c[nH]c2ccccc12)C1OC(C)O1. The van der Waals surface area contributed by atoms with Crippen molar-refractivity contribution in [3.63, 3.8) is 0 Å². The fourth-order valence-corrected chi connectivity index (χ4v) is 2.84. The molecule has 0 saturated carbocycles. The van der Waals surface area contributed by atoms with Gasteiger partial charge >= 0.3 is 0 Å². The first-order chi connectivity index (χ1) is 9.65. The molecule has 1 atom stereocenters. The van der Waals surface area contributed by atoms with Gasteiger partial charge in [-0.1, -0.05) is 38.0 Å². The van der Waals surface area contributed by atoms with Crippen LogP contribution in [0.1, 0.15) is 38.7 Å². The molecule has 20 heavy (non-hydrogen) atoms. The largest absolute Gasteiger partial charge is 0.380 e. The molecule has 2 N–H and O–H groups in total. The van der Waals surface area contributed by atoms with Crippen LogP contribution in [0.3, 0.4) is 0 Å². The van der Waals surface area contributed by atoms with Crippen LogP contribution in [0.4, 0.5) is 0 Å².